The van der Waals surface area contributed by atoms with Crippen LogP contribution in [0.15, 0.2) is 0 Å². The van der Waals surface area contributed by atoms with Crippen LogP contribution in [0, 0.1) is 6.92 Å². The van der Waals surface area contributed by atoms with E-state index < -0.39 is 0 Å². The third kappa shape index (κ3) is 2.42. The Hall–Kier alpha value is -0.680. The Balaban J connectivity index is 2.47. The molecule has 0 bridgehead atoms. The zero-order valence-electron chi connectivity index (χ0n) is 7.45. The van der Waals surface area contributed by atoms with Gasteiger partial charge in [0.1, 0.15) is 5.82 Å². The van der Waals surface area contributed by atoms with Gasteiger partial charge in [0.15, 0.2) is 0 Å². The summed E-state index contributed by atoms with van der Waals surface area (Å²) in [6.07, 6.45) is 0.995. The molecule has 0 radical (unpaired) electrons. The summed E-state index contributed by atoms with van der Waals surface area (Å²) in [6, 6.07) is 0. The van der Waals surface area contributed by atoms with E-state index in [9.17, 15) is 0 Å². The monoisotopic (exact) mass is 186 g/mol. The number of aromatic nitrogens is 2. The molecule has 0 saturated heterocycles. The Morgan fingerprint density at radius 3 is 2.83 bits per heavy atom. The molecule has 5 heteroatoms. The van der Waals surface area contributed by atoms with E-state index >= 15 is 0 Å². The zero-order chi connectivity index (χ0) is 8.97. The Morgan fingerprint density at radius 1 is 1.58 bits per heavy atom. The van der Waals surface area contributed by atoms with Gasteiger partial charge in [-0.2, -0.15) is 4.37 Å². The van der Waals surface area contributed by atoms with Crippen LogP contribution in [-0.2, 0) is 0 Å². The van der Waals surface area contributed by atoms with Gasteiger partial charge in [0.25, 0.3) is 0 Å². The van der Waals surface area contributed by atoms with Crippen LogP contribution in [0.4, 0.5) is 5.13 Å². The molecular weight excluding hydrogens is 172 g/mol. The summed E-state index contributed by atoms with van der Waals surface area (Å²) in [4.78, 5) is 6.34. The van der Waals surface area contributed by atoms with Crippen molar-refractivity contribution in [3.8, 4) is 0 Å². The predicted molar refractivity (Wildman–Crippen MR) is 51.6 cm³/mol. The zero-order valence-corrected chi connectivity index (χ0v) is 8.27. The molecule has 0 aliphatic carbocycles. The lowest BCUT2D eigenvalue weighted by atomic mass is 10.4. The highest BCUT2D eigenvalue weighted by atomic mass is 32.1. The lowest BCUT2D eigenvalue weighted by molar-refractivity contribution is 0.792. The summed E-state index contributed by atoms with van der Waals surface area (Å²) in [6.45, 7) is 3.57. The highest BCUT2D eigenvalue weighted by Crippen LogP contribution is 2.14. The van der Waals surface area contributed by atoms with E-state index in [1.54, 1.807) is 0 Å². The van der Waals surface area contributed by atoms with E-state index in [0.717, 1.165) is 30.5 Å². The summed E-state index contributed by atoms with van der Waals surface area (Å²) in [5.74, 6) is 0.842. The second kappa shape index (κ2) is 4.37. The van der Waals surface area contributed by atoms with E-state index in [-0.39, 0.29) is 0 Å². The average Bonchev–Trinajstić information content (AvgIpc) is 2.47. The maximum atomic E-state index is 5.40. The first-order valence-corrected chi connectivity index (χ1v) is 4.73. The molecule has 0 saturated carbocycles. The molecule has 0 atom stereocenters. The molecule has 0 fully saturated rings. The van der Waals surface area contributed by atoms with E-state index in [1.807, 2.05) is 14.0 Å². The number of hydrogen-bond acceptors (Lipinski definition) is 5. The molecule has 1 rings (SSSR count). The van der Waals surface area contributed by atoms with Crippen molar-refractivity contribution in [1.29, 1.82) is 0 Å². The van der Waals surface area contributed by atoms with Crippen LogP contribution in [0.25, 0.3) is 0 Å². The van der Waals surface area contributed by atoms with Crippen molar-refractivity contribution in [3.63, 3.8) is 0 Å². The summed E-state index contributed by atoms with van der Waals surface area (Å²) >= 11 is 1.43. The van der Waals surface area contributed by atoms with Crippen molar-refractivity contribution in [1.82, 2.24) is 9.36 Å². The molecule has 1 aromatic rings. The summed E-state index contributed by atoms with van der Waals surface area (Å²) < 4.78 is 4.10. The fourth-order valence-electron chi connectivity index (χ4n) is 0.865. The van der Waals surface area contributed by atoms with Gasteiger partial charge in [0.05, 0.1) is 0 Å². The van der Waals surface area contributed by atoms with Gasteiger partial charge >= 0.3 is 0 Å². The van der Waals surface area contributed by atoms with Gasteiger partial charge in [0, 0.05) is 25.1 Å². The third-order valence-corrected chi connectivity index (χ3v) is 2.46. The SMILES string of the molecule is Cc1nsc(N(C)CCCN)n1. The standard InChI is InChI=1S/C7H14N4S/c1-6-9-7(12-10-6)11(2)5-3-4-8/h3-5,8H2,1-2H3. The first kappa shape index (κ1) is 9.41. The lowest BCUT2D eigenvalue weighted by Gasteiger charge is -2.13. The van der Waals surface area contributed by atoms with Crippen molar-refractivity contribution >= 4 is 16.7 Å². The maximum Gasteiger partial charge on any atom is 0.204 e. The van der Waals surface area contributed by atoms with Gasteiger partial charge < -0.3 is 10.6 Å². The number of rotatable bonds is 4. The van der Waals surface area contributed by atoms with Crippen LogP contribution in [0.3, 0.4) is 0 Å². The second-order valence-electron chi connectivity index (χ2n) is 2.69. The van der Waals surface area contributed by atoms with E-state index in [1.165, 1.54) is 11.5 Å². The summed E-state index contributed by atoms with van der Waals surface area (Å²) in [5, 5.41) is 0.973. The van der Waals surface area contributed by atoms with Gasteiger partial charge in [0.2, 0.25) is 5.13 Å². The highest BCUT2D eigenvalue weighted by molar-refractivity contribution is 7.09. The number of hydrogen-bond donors (Lipinski definition) is 1. The lowest BCUT2D eigenvalue weighted by Crippen LogP contribution is -2.20. The summed E-state index contributed by atoms with van der Waals surface area (Å²) in [5.41, 5.74) is 5.40. The fraction of sp³-hybridized carbons (Fsp3) is 0.714. The van der Waals surface area contributed by atoms with Crippen molar-refractivity contribution in [2.45, 2.75) is 13.3 Å². The van der Waals surface area contributed by atoms with E-state index in [4.69, 9.17) is 5.73 Å². The van der Waals surface area contributed by atoms with Crippen LogP contribution in [0.2, 0.25) is 0 Å². The van der Waals surface area contributed by atoms with Crippen molar-refractivity contribution < 1.29 is 0 Å². The molecular formula is C7H14N4S. The second-order valence-corrected chi connectivity index (χ2v) is 3.42. The third-order valence-electron chi connectivity index (χ3n) is 1.54. The molecule has 0 aliphatic rings. The average molecular weight is 186 g/mol. The molecule has 1 heterocycles. The Kier molecular flexibility index (Phi) is 3.43. The smallest absolute Gasteiger partial charge is 0.204 e. The van der Waals surface area contributed by atoms with Gasteiger partial charge in [-0.1, -0.05) is 0 Å². The molecule has 4 nitrogen and oxygen atoms in total. The topological polar surface area (TPSA) is 55.0 Å². The first-order chi connectivity index (χ1) is 5.74. The Labute approximate surface area is 76.6 Å². The number of nitrogens with zero attached hydrogens (tertiary/aromatic N) is 3. The van der Waals surface area contributed by atoms with Crippen molar-refractivity contribution in [3.05, 3.63) is 5.82 Å². The highest BCUT2D eigenvalue weighted by Gasteiger charge is 2.04. The molecule has 0 spiro atoms. The van der Waals surface area contributed by atoms with Crippen molar-refractivity contribution in [2.24, 2.45) is 5.73 Å². The van der Waals surface area contributed by atoms with Crippen LogP contribution in [-0.4, -0.2) is 29.5 Å². The van der Waals surface area contributed by atoms with Crippen LogP contribution in [0.5, 0.6) is 0 Å². The van der Waals surface area contributed by atoms with E-state index in [2.05, 4.69) is 14.3 Å². The van der Waals surface area contributed by atoms with Gasteiger partial charge in [-0.15, -0.1) is 0 Å². The molecule has 1 aromatic heterocycles. The minimum Gasteiger partial charge on any atom is -0.350 e. The molecule has 68 valence electrons. The van der Waals surface area contributed by atoms with Gasteiger partial charge in [-0.25, -0.2) is 4.98 Å². The molecule has 0 amide bonds. The minimum absolute atomic E-state index is 0.724. The molecule has 0 aliphatic heterocycles. The number of anilines is 1. The van der Waals surface area contributed by atoms with E-state index in [0.29, 0.717) is 0 Å². The Morgan fingerprint density at radius 2 is 2.33 bits per heavy atom. The van der Waals surface area contributed by atoms with Gasteiger partial charge in [-0.05, 0) is 19.9 Å². The largest absolute Gasteiger partial charge is 0.350 e. The summed E-state index contributed by atoms with van der Waals surface area (Å²) in [7, 11) is 2.01. The van der Waals surface area contributed by atoms with Crippen LogP contribution in [0.1, 0.15) is 12.2 Å². The van der Waals surface area contributed by atoms with Crippen LogP contribution >= 0.6 is 11.5 Å². The van der Waals surface area contributed by atoms with Gasteiger partial charge in [-0.3, -0.25) is 0 Å². The number of aryl methyl sites for hydroxylation is 1. The van der Waals surface area contributed by atoms with Crippen LogP contribution < -0.4 is 10.6 Å². The maximum absolute atomic E-state index is 5.40. The molecule has 0 unspecified atom stereocenters. The first-order valence-electron chi connectivity index (χ1n) is 3.95. The molecule has 2 N–H and O–H groups in total. The molecule has 12 heavy (non-hydrogen) atoms. The normalized spacial score (nSPS) is 10.2. The Bertz CT molecular complexity index is 235. The predicted octanol–water partition coefficient (Wildman–Crippen LogP) is 0.632. The fourth-order valence-corrected chi connectivity index (χ4v) is 1.52. The minimum atomic E-state index is 0.724. The quantitative estimate of drug-likeness (QED) is 0.749. The van der Waals surface area contributed by atoms with Crippen molar-refractivity contribution in [2.75, 3.05) is 25.0 Å². The molecule has 0 aromatic carbocycles. The number of nitrogens with two attached hydrogens (primary N) is 1.